The minimum absolute atomic E-state index is 0.232. The van der Waals surface area contributed by atoms with E-state index < -0.39 is 36.4 Å². The van der Waals surface area contributed by atoms with E-state index in [2.05, 4.69) is 11.9 Å². The zero-order valence-corrected chi connectivity index (χ0v) is 19.0. The van der Waals surface area contributed by atoms with Crippen molar-refractivity contribution in [3.8, 4) is 0 Å². The Kier molecular flexibility index (Phi) is 9.18. The van der Waals surface area contributed by atoms with E-state index in [-0.39, 0.29) is 19.1 Å². The van der Waals surface area contributed by atoms with Crippen molar-refractivity contribution >= 4 is 11.9 Å². The number of methoxy groups -OCH3 is 1. The number of hydrogen-bond donors (Lipinski definition) is 1. The van der Waals surface area contributed by atoms with Gasteiger partial charge in [-0.05, 0) is 17.5 Å². The smallest absolute Gasteiger partial charge is 0.337 e. The fraction of sp³-hybridized carbons (Fsp3) is 0.385. The van der Waals surface area contributed by atoms with E-state index >= 15 is 0 Å². The van der Waals surface area contributed by atoms with E-state index in [1.807, 2.05) is 60.7 Å². The second kappa shape index (κ2) is 12.3. The Morgan fingerprint density at radius 3 is 2.00 bits per heavy atom. The average Bonchev–Trinajstić information content (AvgIpc) is 2.83. The number of rotatable bonds is 10. The van der Waals surface area contributed by atoms with Crippen LogP contribution in [-0.4, -0.2) is 49.4 Å². The highest BCUT2D eigenvalue weighted by molar-refractivity contribution is 5.76. The van der Waals surface area contributed by atoms with Crippen LogP contribution in [0.3, 0.4) is 0 Å². The molecular weight excluding hydrogens is 422 g/mol. The second-order valence-electron chi connectivity index (χ2n) is 7.89. The Morgan fingerprint density at radius 1 is 0.970 bits per heavy atom. The summed E-state index contributed by atoms with van der Waals surface area (Å²) in [6.07, 6.45) is -0.926. The Hall–Kier alpha value is -3.00. The van der Waals surface area contributed by atoms with Crippen LogP contribution >= 0.6 is 0 Å². The molecule has 1 aliphatic heterocycles. The van der Waals surface area contributed by atoms with Crippen LogP contribution in [-0.2, 0) is 41.8 Å². The van der Waals surface area contributed by atoms with Gasteiger partial charge in [0.25, 0.3) is 0 Å². The third-order valence-electron chi connectivity index (χ3n) is 5.47. The van der Waals surface area contributed by atoms with Crippen molar-refractivity contribution < 1.29 is 28.5 Å². The average molecular weight is 454 g/mol. The molecule has 7 nitrogen and oxygen atoms in total. The maximum Gasteiger partial charge on any atom is 0.337 e. The number of ether oxygens (including phenoxy) is 4. The zero-order valence-electron chi connectivity index (χ0n) is 19.0. The third kappa shape index (κ3) is 6.74. The normalized spacial score (nSPS) is 24.6. The highest BCUT2D eigenvalue weighted by Crippen LogP contribution is 2.30. The minimum Gasteiger partial charge on any atom is -0.467 e. The third-order valence-corrected chi connectivity index (χ3v) is 5.47. The largest absolute Gasteiger partial charge is 0.467 e. The van der Waals surface area contributed by atoms with Gasteiger partial charge in [-0.1, -0.05) is 66.7 Å². The monoisotopic (exact) mass is 453 g/mol. The fourth-order valence-electron chi connectivity index (χ4n) is 3.93. The maximum atomic E-state index is 12.7. The molecule has 3 rings (SSSR count). The van der Waals surface area contributed by atoms with Crippen LogP contribution in [0.15, 0.2) is 73.3 Å². The molecule has 0 bridgehead atoms. The van der Waals surface area contributed by atoms with Crippen LogP contribution in [0.2, 0.25) is 0 Å². The quantitative estimate of drug-likeness (QED) is 0.440. The molecule has 0 unspecified atom stereocenters. The van der Waals surface area contributed by atoms with Crippen LogP contribution in [0.25, 0.3) is 0 Å². The molecule has 1 amide bonds. The summed E-state index contributed by atoms with van der Waals surface area (Å²) in [6.45, 7) is 5.75. The number of carbonyl (C=O) groups excluding carboxylic acids is 2. The number of nitrogens with one attached hydrogen (secondary N) is 1. The molecule has 1 saturated heterocycles. The van der Waals surface area contributed by atoms with E-state index in [4.69, 9.17) is 18.9 Å². The van der Waals surface area contributed by atoms with Gasteiger partial charge >= 0.3 is 5.97 Å². The van der Waals surface area contributed by atoms with Crippen LogP contribution in [0.5, 0.6) is 0 Å². The van der Waals surface area contributed by atoms with Crippen LogP contribution in [0.1, 0.15) is 24.5 Å². The molecular formula is C26H31NO6. The summed E-state index contributed by atoms with van der Waals surface area (Å²) >= 11 is 0. The first-order valence-electron chi connectivity index (χ1n) is 11.0. The predicted molar refractivity (Wildman–Crippen MR) is 123 cm³/mol. The van der Waals surface area contributed by atoms with Gasteiger partial charge in [-0.15, -0.1) is 6.58 Å². The second-order valence-corrected chi connectivity index (χ2v) is 7.89. The highest BCUT2D eigenvalue weighted by atomic mass is 16.6. The number of esters is 1. The fourth-order valence-corrected chi connectivity index (χ4v) is 3.93. The van der Waals surface area contributed by atoms with Crippen molar-refractivity contribution in [2.75, 3.05) is 7.11 Å². The van der Waals surface area contributed by atoms with Crippen molar-refractivity contribution in [1.29, 1.82) is 0 Å². The van der Waals surface area contributed by atoms with Gasteiger partial charge in [0.15, 0.2) is 6.10 Å². The molecule has 0 aliphatic carbocycles. The van der Waals surface area contributed by atoms with Crippen molar-refractivity contribution in [3.63, 3.8) is 0 Å². The molecule has 0 radical (unpaired) electrons. The van der Waals surface area contributed by atoms with E-state index in [0.717, 1.165) is 11.1 Å². The highest BCUT2D eigenvalue weighted by Gasteiger charge is 2.50. The summed E-state index contributed by atoms with van der Waals surface area (Å²) < 4.78 is 23.7. The molecule has 7 heteroatoms. The first-order chi connectivity index (χ1) is 16.0. The van der Waals surface area contributed by atoms with Gasteiger partial charge in [0, 0.05) is 6.92 Å². The molecule has 5 atom stereocenters. The molecule has 176 valence electrons. The van der Waals surface area contributed by atoms with Gasteiger partial charge in [0.2, 0.25) is 5.91 Å². The molecule has 2 aromatic rings. The van der Waals surface area contributed by atoms with E-state index in [1.165, 1.54) is 14.0 Å². The van der Waals surface area contributed by atoms with Crippen molar-refractivity contribution in [2.45, 2.75) is 57.0 Å². The van der Waals surface area contributed by atoms with Crippen molar-refractivity contribution in [3.05, 3.63) is 84.4 Å². The van der Waals surface area contributed by atoms with Crippen LogP contribution < -0.4 is 5.32 Å². The summed E-state index contributed by atoms with van der Waals surface area (Å²) in [6, 6.07) is 18.7. The summed E-state index contributed by atoms with van der Waals surface area (Å²) in [4.78, 5) is 24.7. The van der Waals surface area contributed by atoms with Gasteiger partial charge in [0.05, 0.1) is 32.5 Å². The minimum atomic E-state index is -1.02. The lowest BCUT2D eigenvalue weighted by Gasteiger charge is -2.45. The van der Waals surface area contributed by atoms with Gasteiger partial charge in [0.1, 0.15) is 12.2 Å². The van der Waals surface area contributed by atoms with Gasteiger partial charge in [-0.2, -0.15) is 0 Å². The summed E-state index contributed by atoms with van der Waals surface area (Å²) in [5.74, 6) is -0.791. The lowest BCUT2D eigenvalue weighted by molar-refractivity contribution is -0.227. The summed E-state index contributed by atoms with van der Waals surface area (Å²) in [5.41, 5.74) is 1.90. The molecule has 0 aromatic heterocycles. The molecule has 2 aromatic carbocycles. The predicted octanol–water partition coefficient (Wildman–Crippen LogP) is 3.18. The Morgan fingerprint density at radius 2 is 1.52 bits per heavy atom. The number of benzene rings is 2. The first-order valence-corrected chi connectivity index (χ1v) is 11.0. The van der Waals surface area contributed by atoms with Gasteiger partial charge < -0.3 is 24.3 Å². The van der Waals surface area contributed by atoms with E-state index in [9.17, 15) is 9.59 Å². The van der Waals surface area contributed by atoms with Crippen molar-refractivity contribution in [1.82, 2.24) is 5.32 Å². The molecule has 0 saturated carbocycles. The number of hydrogen-bond acceptors (Lipinski definition) is 6. The number of amides is 1. The summed E-state index contributed by atoms with van der Waals surface area (Å²) in [5, 5.41) is 2.94. The van der Waals surface area contributed by atoms with Crippen molar-refractivity contribution in [2.24, 2.45) is 0 Å². The lowest BCUT2D eigenvalue weighted by Crippen LogP contribution is -2.66. The topological polar surface area (TPSA) is 83.1 Å². The molecule has 1 aliphatic rings. The Balaban J connectivity index is 1.93. The molecule has 1 heterocycles. The molecule has 0 spiro atoms. The van der Waals surface area contributed by atoms with Gasteiger partial charge in [-0.3, -0.25) is 4.79 Å². The Labute approximate surface area is 194 Å². The van der Waals surface area contributed by atoms with E-state index in [0.29, 0.717) is 6.42 Å². The Bertz CT molecular complexity index is 904. The standard InChI is InChI=1S/C26H31NO6/c1-4-11-21-22(27-18(2)28)23(31-16-19-12-7-5-8-13-19)24(25(33-21)26(29)30-3)32-17-20-14-9-6-10-15-20/h4-10,12-15,21-25H,1,11,16-17H2,2-3H3,(H,27,28)/t21-,22+,23-,24+,25+/m1/s1. The molecule has 1 fully saturated rings. The lowest BCUT2D eigenvalue weighted by atomic mass is 9.90. The van der Waals surface area contributed by atoms with Gasteiger partial charge in [-0.25, -0.2) is 4.79 Å². The van der Waals surface area contributed by atoms with Crippen LogP contribution in [0.4, 0.5) is 0 Å². The van der Waals surface area contributed by atoms with E-state index in [1.54, 1.807) is 6.08 Å². The SMILES string of the molecule is C=CC[C@H]1O[C@H](C(=O)OC)[C@@H](OCc2ccccc2)[C@H](OCc2ccccc2)[C@H]1NC(C)=O. The maximum absolute atomic E-state index is 12.7. The molecule has 1 N–H and O–H groups in total. The van der Waals surface area contributed by atoms with Crippen LogP contribution in [0, 0.1) is 0 Å². The number of carbonyl (C=O) groups is 2. The first kappa shape index (κ1) is 24.6. The summed E-state index contributed by atoms with van der Waals surface area (Å²) in [7, 11) is 1.31. The molecule has 33 heavy (non-hydrogen) atoms. The zero-order chi connectivity index (χ0) is 23.6.